The second-order valence-electron chi connectivity index (χ2n) is 3.87. The van der Waals surface area contributed by atoms with Gasteiger partial charge < -0.3 is 14.6 Å². The lowest BCUT2D eigenvalue weighted by molar-refractivity contribution is -0.928. The summed E-state index contributed by atoms with van der Waals surface area (Å²) >= 11 is 5.47. The number of likely N-dealkylation sites (N-methyl/N-ethyl adjacent to an activating group) is 1. The third-order valence-corrected chi connectivity index (χ3v) is 3.16. The molecule has 0 bridgehead atoms. The van der Waals surface area contributed by atoms with Gasteiger partial charge in [0, 0.05) is 0 Å². The molecule has 0 saturated heterocycles. The van der Waals surface area contributed by atoms with Crippen molar-refractivity contribution in [1.82, 2.24) is 5.32 Å². The smallest absolute Gasteiger partial charge is 0.235 e. The van der Waals surface area contributed by atoms with Crippen LogP contribution in [0.2, 0.25) is 0 Å². The average Bonchev–Trinajstić information content (AvgIpc) is 2.87. The maximum absolute atomic E-state index is 11.2. The number of nitrogens with one attached hydrogen (secondary N) is 2. The fourth-order valence-corrected chi connectivity index (χ4v) is 2.04. The van der Waals surface area contributed by atoms with E-state index in [2.05, 4.69) is 19.2 Å². The fraction of sp³-hybridized carbons (Fsp3) is 0.583. The van der Waals surface area contributed by atoms with Crippen molar-refractivity contribution in [3.05, 3.63) is 24.2 Å². The SMILES string of the molecule is CC[NH+](CC)[C@H](CNC(=O)CCl)c1ccco1. The molecule has 0 saturated carbocycles. The van der Waals surface area contributed by atoms with Gasteiger partial charge in [-0.3, -0.25) is 4.79 Å². The van der Waals surface area contributed by atoms with E-state index in [1.807, 2.05) is 12.1 Å². The van der Waals surface area contributed by atoms with Gasteiger partial charge in [-0.25, -0.2) is 0 Å². The highest BCUT2D eigenvalue weighted by Crippen LogP contribution is 2.09. The average molecular weight is 260 g/mol. The Kier molecular flexibility index (Phi) is 6.08. The molecule has 1 heterocycles. The summed E-state index contributed by atoms with van der Waals surface area (Å²) in [6.45, 7) is 6.77. The Balaban J connectivity index is 2.69. The van der Waals surface area contributed by atoms with Crippen LogP contribution in [0.3, 0.4) is 0 Å². The van der Waals surface area contributed by atoms with Gasteiger partial charge >= 0.3 is 0 Å². The minimum absolute atomic E-state index is 0.00153. The number of amides is 1. The fourth-order valence-electron chi connectivity index (χ4n) is 1.94. The molecule has 1 atom stereocenters. The van der Waals surface area contributed by atoms with E-state index in [-0.39, 0.29) is 17.8 Å². The van der Waals surface area contributed by atoms with Gasteiger partial charge in [0.15, 0.2) is 11.8 Å². The van der Waals surface area contributed by atoms with Crippen molar-refractivity contribution in [3.63, 3.8) is 0 Å². The zero-order chi connectivity index (χ0) is 12.7. The van der Waals surface area contributed by atoms with Crippen LogP contribution in [0.1, 0.15) is 25.6 Å². The predicted octanol–water partition coefficient (Wildman–Crippen LogP) is 0.600. The first-order valence-electron chi connectivity index (χ1n) is 5.93. The minimum atomic E-state index is -0.144. The normalized spacial score (nSPS) is 12.7. The molecule has 0 aliphatic rings. The Labute approximate surface area is 107 Å². The lowest BCUT2D eigenvalue weighted by Gasteiger charge is -2.25. The maximum Gasteiger partial charge on any atom is 0.235 e. The maximum atomic E-state index is 11.2. The number of rotatable bonds is 7. The Bertz CT molecular complexity index is 323. The lowest BCUT2D eigenvalue weighted by atomic mass is 10.2. The van der Waals surface area contributed by atoms with Crippen LogP contribution in [0.5, 0.6) is 0 Å². The Morgan fingerprint density at radius 3 is 2.71 bits per heavy atom. The van der Waals surface area contributed by atoms with Crippen LogP contribution in [-0.4, -0.2) is 31.4 Å². The number of furan rings is 1. The Morgan fingerprint density at radius 2 is 2.24 bits per heavy atom. The van der Waals surface area contributed by atoms with E-state index in [9.17, 15) is 4.79 Å². The van der Waals surface area contributed by atoms with E-state index >= 15 is 0 Å². The third-order valence-electron chi connectivity index (χ3n) is 2.91. The predicted molar refractivity (Wildman–Crippen MR) is 67.2 cm³/mol. The molecule has 17 heavy (non-hydrogen) atoms. The number of halogens is 1. The summed E-state index contributed by atoms with van der Waals surface area (Å²) in [6, 6.07) is 3.96. The molecule has 0 aromatic carbocycles. The summed E-state index contributed by atoms with van der Waals surface area (Å²) in [4.78, 5) is 12.6. The van der Waals surface area contributed by atoms with E-state index in [1.165, 1.54) is 4.90 Å². The zero-order valence-electron chi connectivity index (χ0n) is 10.3. The first-order valence-corrected chi connectivity index (χ1v) is 6.47. The lowest BCUT2D eigenvalue weighted by Crippen LogP contribution is -3.12. The summed E-state index contributed by atoms with van der Waals surface area (Å²) in [6.07, 6.45) is 1.66. The monoisotopic (exact) mass is 259 g/mol. The van der Waals surface area contributed by atoms with Crippen molar-refractivity contribution in [3.8, 4) is 0 Å². The van der Waals surface area contributed by atoms with Crippen LogP contribution in [0, 0.1) is 0 Å². The first-order chi connectivity index (χ1) is 8.22. The standard InChI is InChI=1S/C12H19ClN2O2/c1-3-15(4-2)10(9-14-12(16)8-13)11-6-5-7-17-11/h5-7,10H,3-4,8-9H2,1-2H3,(H,14,16)/p+1/t10-/m1/s1. The Morgan fingerprint density at radius 1 is 1.53 bits per heavy atom. The van der Waals surface area contributed by atoms with Crippen LogP contribution >= 0.6 is 11.6 Å². The quantitative estimate of drug-likeness (QED) is 0.705. The van der Waals surface area contributed by atoms with E-state index in [1.54, 1.807) is 6.26 Å². The van der Waals surface area contributed by atoms with E-state index in [0.717, 1.165) is 18.8 Å². The van der Waals surface area contributed by atoms with Crippen LogP contribution in [0.15, 0.2) is 22.8 Å². The highest BCUT2D eigenvalue weighted by Gasteiger charge is 2.24. The second kappa shape index (κ2) is 7.35. The van der Waals surface area contributed by atoms with Gasteiger partial charge in [0.1, 0.15) is 5.88 Å². The third kappa shape index (κ3) is 4.06. The molecule has 5 heteroatoms. The second-order valence-corrected chi connectivity index (χ2v) is 4.14. The molecule has 1 rings (SSSR count). The summed E-state index contributed by atoms with van der Waals surface area (Å²) in [5, 5.41) is 2.82. The van der Waals surface area contributed by atoms with Crippen molar-refractivity contribution < 1.29 is 14.1 Å². The van der Waals surface area contributed by atoms with E-state index < -0.39 is 0 Å². The number of carbonyl (C=O) groups is 1. The number of hydrogen-bond acceptors (Lipinski definition) is 2. The summed E-state index contributed by atoms with van der Waals surface area (Å²) in [5.74, 6) is 0.756. The molecule has 4 nitrogen and oxygen atoms in total. The highest BCUT2D eigenvalue weighted by molar-refractivity contribution is 6.27. The van der Waals surface area contributed by atoms with Gasteiger partial charge in [-0.15, -0.1) is 11.6 Å². The first kappa shape index (κ1) is 14.1. The van der Waals surface area contributed by atoms with Crippen LogP contribution in [-0.2, 0) is 4.79 Å². The van der Waals surface area contributed by atoms with Crippen molar-refractivity contribution in [2.75, 3.05) is 25.5 Å². The number of hydrogen-bond donors (Lipinski definition) is 2. The van der Waals surface area contributed by atoms with Crippen LogP contribution in [0.25, 0.3) is 0 Å². The minimum Gasteiger partial charge on any atom is -0.463 e. The molecule has 0 aliphatic carbocycles. The van der Waals surface area contributed by atoms with Gasteiger partial charge in [-0.1, -0.05) is 0 Å². The van der Waals surface area contributed by atoms with Gasteiger partial charge in [0.2, 0.25) is 5.91 Å². The molecule has 96 valence electrons. The molecule has 0 aliphatic heterocycles. The molecule has 0 unspecified atom stereocenters. The molecule has 0 radical (unpaired) electrons. The summed E-state index contributed by atoms with van der Waals surface area (Å²) in [7, 11) is 0. The summed E-state index contributed by atoms with van der Waals surface area (Å²) < 4.78 is 5.44. The van der Waals surface area contributed by atoms with E-state index in [4.69, 9.17) is 16.0 Å². The number of quaternary nitrogens is 1. The molecule has 1 aromatic heterocycles. The largest absolute Gasteiger partial charge is 0.463 e. The molecule has 2 N–H and O–H groups in total. The summed E-state index contributed by atoms with van der Waals surface area (Å²) in [5.41, 5.74) is 0. The molecule has 1 aromatic rings. The number of alkyl halides is 1. The van der Waals surface area contributed by atoms with Crippen LogP contribution < -0.4 is 10.2 Å². The van der Waals surface area contributed by atoms with Gasteiger partial charge in [-0.2, -0.15) is 0 Å². The molecular weight excluding hydrogens is 240 g/mol. The molecule has 1 amide bonds. The molecular formula is C12H20ClN2O2+. The van der Waals surface area contributed by atoms with Gasteiger partial charge in [0.05, 0.1) is 25.9 Å². The Hall–Kier alpha value is -1.00. The highest BCUT2D eigenvalue weighted by atomic mass is 35.5. The molecule has 0 fully saturated rings. The van der Waals surface area contributed by atoms with E-state index in [0.29, 0.717) is 6.54 Å². The zero-order valence-corrected chi connectivity index (χ0v) is 11.1. The topological polar surface area (TPSA) is 46.7 Å². The van der Waals surface area contributed by atoms with Gasteiger partial charge in [-0.05, 0) is 26.0 Å². The van der Waals surface area contributed by atoms with Crippen molar-refractivity contribution >= 4 is 17.5 Å². The van der Waals surface area contributed by atoms with Crippen molar-refractivity contribution in [2.24, 2.45) is 0 Å². The molecule has 0 spiro atoms. The van der Waals surface area contributed by atoms with Crippen LogP contribution in [0.4, 0.5) is 0 Å². The van der Waals surface area contributed by atoms with Crippen molar-refractivity contribution in [2.45, 2.75) is 19.9 Å². The number of carbonyl (C=O) groups excluding carboxylic acids is 1. The van der Waals surface area contributed by atoms with Crippen molar-refractivity contribution in [1.29, 1.82) is 0 Å². The van der Waals surface area contributed by atoms with Gasteiger partial charge in [0.25, 0.3) is 0 Å².